The van der Waals surface area contributed by atoms with E-state index in [9.17, 15) is 14.4 Å². The molecule has 2 aromatic heterocycles. The number of nitrogens with zero attached hydrogens (tertiary/aromatic N) is 2. The average molecular weight is 391 g/mol. The fraction of sp³-hybridized carbons (Fsp3) is 0.444. The van der Waals surface area contributed by atoms with E-state index in [2.05, 4.69) is 10.4 Å². The van der Waals surface area contributed by atoms with E-state index in [0.717, 1.165) is 42.5 Å². The highest BCUT2D eigenvalue weighted by molar-refractivity contribution is 7.17. The third-order valence-corrected chi connectivity index (χ3v) is 5.42. The van der Waals surface area contributed by atoms with Crippen LogP contribution in [0.3, 0.4) is 0 Å². The number of nitrogens with one attached hydrogen (secondary N) is 1. The molecule has 0 fully saturated rings. The number of anilines is 1. The minimum absolute atomic E-state index is 0.0931. The summed E-state index contributed by atoms with van der Waals surface area (Å²) in [6, 6.07) is 1.45. The van der Waals surface area contributed by atoms with Crippen LogP contribution in [0, 0.1) is 0 Å². The Kier molecular flexibility index (Phi) is 5.90. The summed E-state index contributed by atoms with van der Waals surface area (Å²) in [7, 11) is 0. The summed E-state index contributed by atoms with van der Waals surface area (Å²) in [5.74, 6) is -1.94. The molecule has 1 aliphatic carbocycles. The Morgan fingerprint density at radius 2 is 2.11 bits per heavy atom. The number of rotatable bonds is 7. The molecule has 1 amide bonds. The number of aryl methyl sites for hydroxylation is 1. The summed E-state index contributed by atoms with van der Waals surface area (Å²) >= 11 is 1.40. The zero-order valence-electron chi connectivity index (χ0n) is 15.0. The standard InChI is InChI=1S/C18H21N3O5S/c1-2-9-26-18(25)15-11-5-3-4-6-13(11)27-17(15)19-16(24)12-7-8-21(20-12)10-14(22)23/h7-8H,2-6,9-10H2,1H3,(H,19,24)(H,22,23). The Labute approximate surface area is 160 Å². The monoisotopic (exact) mass is 391 g/mol. The van der Waals surface area contributed by atoms with Gasteiger partial charge >= 0.3 is 11.9 Å². The maximum Gasteiger partial charge on any atom is 0.341 e. The van der Waals surface area contributed by atoms with E-state index in [-0.39, 0.29) is 12.2 Å². The first-order valence-electron chi connectivity index (χ1n) is 8.87. The molecule has 9 heteroatoms. The lowest BCUT2D eigenvalue weighted by molar-refractivity contribution is -0.137. The number of aliphatic carboxylic acids is 1. The zero-order chi connectivity index (χ0) is 19.4. The van der Waals surface area contributed by atoms with Gasteiger partial charge in [-0.25, -0.2) is 4.79 Å². The van der Waals surface area contributed by atoms with Crippen molar-refractivity contribution < 1.29 is 24.2 Å². The summed E-state index contributed by atoms with van der Waals surface area (Å²) in [4.78, 5) is 36.9. The predicted molar refractivity (Wildman–Crippen MR) is 99.4 cm³/mol. The van der Waals surface area contributed by atoms with Crippen molar-refractivity contribution in [1.29, 1.82) is 0 Å². The second kappa shape index (κ2) is 8.34. The van der Waals surface area contributed by atoms with Crippen LogP contribution in [0.4, 0.5) is 5.00 Å². The molecule has 0 bridgehead atoms. The van der Waals surface area contributed by atoms with E-state index in [4.69, 9.17) is 9.84 Å². The van der Waals surface area contributed by atoms with Gasteiger partial charge < -0.3 is 15.2 Å². The van der Waals surface area contributed by atoms with Crippen LogP contribution >= 0.6 is 11.3 Å². The van der Waals surface area contributed by atoms with E-state index in [1.807, 2.05) is 6.92 Å². The summed E-state index contributed by atoms with van der Waals surface area (Å²) < 4.78 is 6.48. The number of carboxylic acid groups (broad SMARTS) is 1. The minimum atomic E-state index is -1.04. The molecule has 2 aromatic rings. The van der Waals surface area contributed by atoms with Gasteiger partial charge in [-0.2, -0.15) is 5.10 Å². The van der Waals surface area contributed by atoms with Crippen molar-refractivity contribution in [2.75, 3.05) is 11.9 Å². The number of fused-ring (bicyclic) bond motifs is 1. The number of carboxylic acids is 1. The van der Waals surface area contributed by atoms with Crippen molar-refractivity contribution in [2.45, 2.75) is 45.6 Å². The van der Waals surface area contributed by atoms with Crippen molar-refractivity contribution in [2.24, 2.45) is 0 Å². The molecule has 3 rings (SSSR count). The normalized spacial score (nSPS) is 13.1. The lowest BCUT2D eigenvalue weighted by Crippen LogP contribution is -2.17. The van der Waals surface area contributed by atoms with Crippen molar-refractivity contribution in [3.8, 4) is 0 Å². The molecule has 0 saturated heterocycles. The second-order valence-electron chi connectivity index (χ2n) is 6.30. The van der Waals surface area contributed by atoms with Crippen LogP contribution in [-0.4, -0.2) is 39.3 Å². The molecule has 144 valence electrons. The number of carbonyl (C=O) groups excluding carboxylic acids is 2. The van der Waals surface area contributed by atoms with Gasteiger partial charge in [-0.05, 0) is 43.7 Å². The third-order valence-electron chi connectivity index (χ3n) is 4.21. The lowest BCUT2D eigenvalue weighted by atomic mass is 9.95. The first kappa shape index (κ1) is 19.1. The first-order chi connectivity index (χ1) is 13.0. The summed E-state index contributed by atoms with van der Waals surface area (Å²) in [5, 5.41) is 16.0. The van der Waals surface area contributed by atoms with E-state index in [0.29, 0.717) is 17.2 Å². The highest BCUT2D eigenvalue weighted by Gasteiger charge is 2.27. The number of hydrogen-bond donors (Lipinski definition) is 2. The predicted octanol–water partition coefficient (Wildman–Crippen LogP) is 2.73. The van der Waals surface area contributed by atoms with Crippen LogP contribution in [0.1, 0.15) is 57.5 Å². The van der Waals surface area contributed by atoms with E-state index in [1.165, 1.54) is 28.3 Å². The SMILES string of the molecule is CCCOC(=O)c1c(NC(=O)c2ccn(CC(=O)O)n2)sc2c1CCCC2. The highest BCUT2D eigenvalue weighted by Crippen LogP contribution is 2.38. The summed E-state index contributed by atoms with van der Waals surface area (Å²) in [6.07, 6.45) is 5.90. The van der Waals surface area contributed by atoms with Gasteiger partial charge in [0, 0.05) is 11.1 Å². The molecule has 0 spiro atoms. The number of thiophene rings is 1. The number of carbonyl (C=O) groups is 3. The topological polar surface area (TPSA) is 111 Å². The fourth-order valence-electron chi connectivity index (χ4n) is 3.01. The van der Waals surface area contributed by atoms with Crippen molar-refractivity contribution in [3.63, 3.8) is 0 Å². The number of hydrogen-bond acceptors (Lipinski definition) is 6. The second-order valence-corrected chi connectivity index (χ2v) is 7.40. The van der Waals surface area contributed by atoms with Gasteiger partial charge in [0.25, 0.3) is 5.91 Å². The minimum Gasteiger partial charge on any atom is -0.480 e. The smallest absolute Gasteiger partial charge is 0.341 e. The number of aromatic nitrogens is 2. The third kappa shape index (κ3) is 4.36. The Hall–Kier alpha value is -2.68. The average Bonchev–Trinajstić information content (AvgIpc) is 3.23. The molecule has 2 N–H and O–H groups in total. The van der Waals surface area contributed by atoms with Gasteiger partial charge in [0.05, 0.1) is 12.2 Å². The van der Waals surface area contributed by atoms with Crippen LogP contribution in [-0.2, 0) is 28.9 Å². The maximum atomic E-state index is 12.5. The number of amides is 1. The van der Waals surface area contributed by atoms with Crippen molar-refractivity contribution >= 4 is 34.2 Å². The van der Waals surface area contributed by atoms with Gasteiger partial charge in [-0.3, -0.25) is 14.3 Å². The Balaban J connectivity index is 1.84. The van der Waals surface area contributed by atoms with Gasteiger partial charge in [-0.1, -0.05) is 6.92 Å². The van der Waals surface area contributed by atoms with E-state index in [1.54, 1.807) is 0 Å². The largest absolute Gasteiger partial charge is 0.480 e. The molecular weight excluding hydrogens is 370 g/mol. The molecule has 0 unspecified atom stereocenters. The highest BCUT2D eigenvalue weighted by atomic mass is 32.1. The quantitative estimate of drug-likeness (QED) is 0.702. The van der Waals surface area contributed by atoms with Crippen LogP contribution in [0.2, 0.25) is 0 Å². The zero-order valence-corrected chi connectivity index (χ0v) is 15.8. The van der Waals surface area contributed by atoms with Crippen molar-refractivity contribution in [1.82, 2.24) is 9.78 Å². The maximum absolute atomic E-state index is 12.5. The molecular formula is C18H21N3O5S. The number of ether oxygens (including phenoxy) is 1. The Morgan fingerprint density at radius 1 is 1.33 bits per heavy atom. The summed E-state index contributed by atoms with van der Waals surface area (Å²) in [5.41, 5.74) is 1.51. The molecule has 0 atom stereocenters. The molecule has 0 saturated carbocycles. The van der Waals surface area contributed by atoms with Gasteiger partial charge in [0.15, 0.2) is 5.69 Å². The van der Waals surface area contributed by atoms with Crippen LogP contribution in [0.15, 0.2) is 12.3 Å². The van der Waals surface area contributed by atoms with Crippen LogP contribution < -0.4 is 5.32 Å². The fourth-order valence-corrected chi connectivity index (χ4v) is 4.29. The van der Waals surface area contributed by atoms with E-state index < -0.39 is 17.8 Å². The van der Waals surface area contributed by atoms with Gasteiger partial charge in [0.2, 0.25) is 0 Å². The number of esters is 1. The lowest BCUT2D eigenvalue weighted by Gasteiger charge is -2.12. The van der Waals surface area contributed by atoms with Crippen LogP contribution in [0.25, 0.3) is 0 Å². The van der Waals surface area contributed by atoms with E-state index >= 15 is 0 Å². The summed E-state index contributed by atoms with van der Waals surface area (Å²) in [6.45, 7) is 1.93. The Bertz CT molecular complexity index is 870. The molecule has 0 radical (unpaired) electrons. The molecule has 0 aliphatic heterocycles. The first-order valence-corrected chi connectivity index (χ1v) is 9.69. The molecule has 1 aliphatic rings. The molecule has 8 nitrogen and oxygen atoms in total. The van der Waals surface area contributed by atoms with Crippen molar-refractivity contribution in [3.05, 3.63) is 34.0 Å². The molecule has 2 heterocycles. The molecule has 27 heavy (non-hydrogen) atoms. The van der Waals surface area contributed by atoms with Gasteiger partial charge in [-0.15, -0.1) is 11.3 Å². The van der Waals surface area contributed by atoms with Gasteiger partial charge in [0.1, 0.15) is 11.5 Å². The molecule has 0 aromatic carbocycles. The van der Waals surface area contributed by atoms with Crippen LogP contribution in [0.5, 0.6) is 0 Å². The Morgan fingerprint density at radius 3 is 2.85 bits per heavy atom.